The molecule has 2 rings (SSSR count). The Labute approximate surface area is 115 Å². The van der Waals surface area contributed by atoms with E-state index < -0.39 is 0 Å². The van der Waals surface area contributed by atoms with Crippen molar-refractivity contribution in [2.45, 2.75) is 19.4 Å². The summed E-state index contributed by atoms with van der Waals surface area (Å²) >= 11 is 0. The number of benzene rings is 1. The van der Waals surface area contributed by atoms with Crippen molar-refractivity contribution in [2.75, 3.05) is 26.3 Å². The number of hydrogen-bond donors (Lipinski definition) is 1. The Morgan fingerprint density at radius 1 is 1.26 bits per heavy atom. The molecule has 3 heteroatoms. The molecule has 102 valence electrons. The molecule has 19 heavy (non-hydrogen) atoms. The first-order chi connectivity index (χ1) is 9.31. The minimum absolute atomic E-state index is 0.314. The number of rotatable bonds is 5. The van der Waals surface area contributed by atoms with Crippen molar-refractivity contribution in [3.63, 3.8) is 0 Å². The third-order valence-electron chi connectivity index (χ3n) is 3.62. The predicted molar refractivity (Wildman–Crippen MR) is 75.9 cm³/mol. The van der Waals surface area contributed by atoms with E-state index in [1.54, 1.807) is 0 Å². The highest BCUT2D eigenvalue weighted by Gasteiger charge is 2.18. The second kappa shape index (κ2) is 7.18. The zero-order valence-corrected chi connectivity index (χ0v) is 11.2. The van der Waals surface area contributed by atoms with Gasteiger partial charge in [-0.3, -0.25) is 4.90 Å². The average molecular weight is 259 g/mol. The van der Waals surface area contributed by atoms with Gasteiger partial charge in [0.05, 0.1) is 0 Å². The summed E-state index contributed by atoms with van der Waals surface area (Å²) in [5.41, 5.74) is 1.29. The molecule has 3 nitrogen and oxygen atoms in total. The van der Waals surface area contributed by atoms with Crippen LogP contribution in [0, 0.1) is 18.3 Å². The van der Waals surface area contributed by atoms with Crippen molar-refractivity contribution in [3.05, 3.63) is 29.8 Å². The summed E-state index contributed by atoms with van der Waals surface area (Å²) in [4.78, 5) is 2.43. The lowest BCUT2D eigenvalue weighted by Crippen LogP contribution is -2.34. The van der Waals surface area contributed by atoms with Crippen LogP contribution in [0.1, 0.15) is 18.4 Å². The van der Waals surface area contributed by atoms with E-state index in [4.69, 9.17) is 16.3 Å². The van der Waals surface area contributed by atoms with E-state index in [1.165, 1.54) is 5.56 Å². The Kier molecular flexibility index (Phi) is 5.26. The summed E-state index contributed by atoms with van der Waals surface area (Å²) < 4.78 is 5.35. The van der Waals surface area contributed by atoms with E-state index in [0.29, 0.717) is 19.1 Å². The Bertz CT molecular complexity index is 413. The van der Waals surface area contributed by atoms with Crippen LogP contribution in [0.25, 0.3) is 0 Å². The van der Waals surface area contributed by atoms with Crippen molar-refractivity contribution in [1.82, 2.24) is 4.90 Å². The van der Waals surface area contributed by atoms with Crippen LogP contribution in [0.4, 0.5) is 0 Å². The Morgan fingerprint density at radius 2 is 1.95 bits per heavy atom. The lowest BCUT2D eigenvalue weighted by atomic mass is 9.97. The molecule has 1 fully saturated rings. The molecular weight excluding hydrogens is 238 g/mol. The fraction of sp³-hybridized carbons (Fsp3) is 0.500. The third kappa shape index (κ3) is 4.27. The van der Waals surface area contributed by atoms with Gasteiger partial charge < -0.3 is 9.84 Å². The third-order valence-corrected chi connectivity index (χ3v) is 3.62. The molecule has 1 saturated heterocycles. The summed E-state index contributed by atoms with van der Waals surface area (Å²) in [5.74, 6) is 3.77. The quantitative estimate of drug-likeness (QED) is 0.820. The van der Waals surface area contributed by atoms with Gasteiger partial charge in [-0.05, 0) is 49.5 Å². The Morgan fingerprint density at radius 3 is 2.53 bits per heavy atom. The standard InChI is InChI=1S/C16H21NO2/c1-2-11-19-16-5-3-14(4-6-16)12-17-9-7-15(13-18)8-10-17/h1,3-6,15,18H,7-13H2. The second-order valence-corrected chi connectivity index (χ2v) is 5.04. The van der Waals surface area contributed by atoms with E-state index in [-0.39, 0.29) is 0 Å². The summed E-state index contributed by atoms with van der Waals surface area (Å²) in [5, 5.41) is 9.12. The maximum Gasteiger partial charge on any atom is 0.148 e. The zero-order valence-electron chi connectivity index (χ0n) is 11.2. The molecule has 0 radical (unpaired) electrons. The van der Waals surface area contributed by atoms with Crippen molar-refractivity contribution in [1.29, 1.82) is 0 Å². The highest BCUT2D eigenvalue weighted by atomic mass is 16.5. The molecule has 0 aromatic heterocycles. The number of aliphatic hydroxyl groups excluding tert-OH is 1. The number of ether oxygens (including phenoxy) is 1. The molecule has 1 aromatic rings. The lowest BCUT2D eigenvalue weighted by molar-refractivity contribution is 0.127. The minimum atomic E-state index is 0.314. The SMILES string of the molecule is C#CCOc1ccc(CN2CCC(CO)CC2)cc1. The first-order valence-electron chi connectivity index (χ1n) is 6.80. The number of hydrogen-bond acceptors (Lipinski definition) is 3. The smallest absolute Gasteiger partial charge is 0.148 e. The van der Waals surface area contributed by atoms with Crippen molar-refractivity contribution in [3.8, 4) is 18.1 Å². The van der Waals surface area contributed by atoms with Crippen LogP contribution in [0.5, 0.6) is 5.75 Å². The van der Waals surface area contributed by atoms with E-state index in [2.05, 4.69) is 23.0 Å². The van der Waals surface area contributed by atoms with Gasteiger partial charge in [-0.2, -0.15) is 0 Å². The zero-order chi connectivity index (χ0) is 13.5. The van der Waals surface area contributed by atoms with Crippen LogP contribution in [-0.4, -0.2) is 36.3 Å². The molecule has 1 aliphatic heterocycles. The van der Waals surface area contributed by atoms with Crippen molar-refractivity contribution in [2.24, 2.45) is 5.92 Å². The molecule has 0 amide bonds. The summed E-state index contributed by atoms with van der Waals surface area (Å²) in [6.45, 7) is 3.75. The van der Waals surface area contributed by atoms with Gasteiger partial charge >= 0.3 is 0 Å². The highest BCUT2D eigenvalue weighted by Crippen LogP contribution is 2.19. The summed E-state index contributed by atoms with van der Waals surface area (Å²) in [7, 11) is 0. The molecule has 1 aromatic carbocycles. The Balaban J connectivity index is 1.81. The second-order valence-electron chi connectivity index (χ2n) is 5.04. The first-order valence-corrected chi connectivity index (χ1v) is 6.80. The summed E-state index contributed by atoms with van der Waals surface area (Å²) in [6, 6.07) is 8.11. The maximum absolute atomic E-state index is 9.12. The fourth-order valence-electron chi connectivity index (χ4n) is 2.40. The number of nitrogens with zero attached hydrogens (tertiary/aromatic N) is 1. The van der Waals surface area contributed by atoms with Crippen molar-refractivity contribution < 1.29 is 9.84 Å². The molecule has 1 N–H and O–H groups in total. The van der Waals surface area contributed by atoms with Crippen LogP contribution >= 0.6 is 0 Å². The van der Waals surface area contributed by atoms with E-state index in [1.807, 2.05) is 12.1 Å². The van der Waals surface area contributed by atoms with Crippen LogP contribution in [0.15, 0.2) is 24.3 Å². The normalized spacial score (nSPS) is 17.1. The predicted octanol–water partition coefficient (Wildman–Crippen LogP) is 1.90. The first kappa shape index (κ1) is 13.9. The molecule has 0 aliphatic carbocycles. The van der Waals surface area contributed by atoms with E-state index >= 15 is 0 Å². The average Bonchev–Trinajstić information content (AvgIpc) is 2.47. The molecule has 0 saturated carbocycles. The van der Waals surface area contributed by atoms with E-state index in [0.717, 1.165) is 38.2 Å². The van der Waals surface area contributed by atoms with Crippen LogP contribution in [0.3, 0.4) is 0 Å². The van der Waals surface area contributed by atoms with Gasteiger partial charge in [0.25, 0.3) is 0 Å². The number of piperidine rings is 1. The Hall–Kier alpha value is -1.50. The highest BCUT2D eigenvalue weighted by molar-refractivity contribution is 5.27. The number of aliphatic hydroxyl groups is 1. The molecule has 0 bridgehead atoms. The molecule has 0 unspecified atom stereocenters. The van der Waals surface area contributed by atoms with Gasteiger partial charge in [0.2, 0.25) is 0 Å². The van der Waals surface area contributed by atoms with Gasteiger partial charge in [-0.25, -0.2) is 0 Å². The summed E-state index contributed by atoms with van der Waals surface area (Å²) in [6.07, 6.45) is 7.35. The number of likely N-dealkylation sites (tertiary alicyclic amines) is 1. The monoisotopic (exact) mass is 259 g/mol. The largest absolute Gasteiger partial charge is 0.481 e. The molecule has 1 heterocycles. The number of terminal acetylenes is 1. The van der Waals surface area contributed by atoms with Gasteiger partial charge in [0, 0.05) is 13.2 Å². The van der Waals surface area contributed by atoms with Crippen LogP contribution in [0.2, 0.25) is 0 Å². The fourth-order valence-corrected chi connectivity index (χ4v) is 2.40. The molecule has 0 spiro atoms. The van der Waals surface area contributed by atoms with Gasteiger partial charge in [0.15, 0.2) is 0 Å². The van der Waals surface area contributed by atoms with Crippen molar-refractivity contribution >= 4 is 0 Å². The van der Waals surface area contributed by atoms with Crippen LogP contribution < -0.4 is 4.74 Å². The van der Waals surface area contributed by atoms with Crippen LogP contribution in [-0.2, 0) is 6.54 Å². The van der Waals surface area contributed by atoms with Gasteiger partial charge in [-0.15, -0.1) is 6.42 Å². The minimum Gasteiger partial charge on any atom is -0.481 e. The van der Waals surface area contributed by atoms with E-state index in [9.17, 15) is 0 Å². The molecular formula is C16H21NO2. The topological polar surface area (TPSA) is 32.7 Å². The maximum atomic E-state index is 9.12. The molecule has 0 atom stereocenters. The van der Waals surface area contributed by atoms with Gasteiger partial charge in [-0.1, -0.05) is 18.1 Å². The lowest BCUT2D eigenvalue weighted by Gasteiger charge is -2.31. The molecule has 1 aliphatic rings. The van der Waals surface area contributed by atoms with Gasteiger partial charge in [0.1, 0.15) is 12.4 Å².